The third-order valence-electron chi connectivity index (χ3n) is 6.03. The van der Waals surface area contributed by atoms with Crippen molar-refractivity contribution in [3.05, 3.63) is 87.7 Å². The number of hydrogen-bond acceptors (Lipinski definition) is 5. The fourth-order valence-corrected chi connectivity index (χ4v) is 5.53. The van der Waals surface area contributed by atoms with Crippen molar-refractivity contribution < 1.29 is 28.1 Å². The number of carbonyl (C=O) groups is 2. The summed E-state index contributed by atoms with van der Waals surface area (Å²) in [6, 6.07) is 12.5. The van der Waals surface area contributed by atoms with Crippen LogP contribution in [0.2, 0.25) is 0 Å². The summed E-state index contributed by atoms with van der Waals surface area (Å²) in [6.45, 7) is 4.43. The Balaban J connectivity index is 1.61. The number of phosphoric acid groups is 1. The molecule has 32 heavy (non-hydrogen) atoms. The lowest BCUT2D eigenvalue weighted by molar-refractivity contribution is 0.0977. The van der Waals surface area contributed by atoms with Gasteiger partial charge in [-0.3, -0.25) is 19.0 Å². The lowest BCUT2D eigenvalue weighted by Crippen LogP contribution is -2.23. The molecule has 0 saturated carbocycles. The largest absolute Gasteiger partial charge is 0.527 e. The van der Waals surface area contributed by atoms with Crippen LogP contribution in [0.4, 0.5) is 0 Å². The van der Waals surface area contributed by atoms with Crippen LogP contribution >= 0.6 is 7.82 Å². The molecular formula is C24H22NO6P. The van der Waals surface area contributed by atoms with Gasteiger partial charge in [-0.25, -0.2) is 4.57 Å². The molecule has 2 unspecified atom stereocenters. The Morgan fingerprint density at radius 3 is 2.59 bits per heavy atom. The maximum absolute atomic E-state index is 13.6. The van der Waals surface area contributed by atoms with E-state index < -0.39 is 13.6 Å². The molecule has 2 heterocycles. The number of ketones is 2. The van der Waals surface area contributed by atoms with Crippen LogP contribution in [0.1, 0.15) is 74.8 Å². The summed E-state index contributed by atoms with van der Waals surface area (Å²) in [5.74, 6) is -0.878. The second-order valence-corrected chi connectivity index (χ2v) is 9.46. The van der Waals surface area contributed by atoms with Crippen molar-refractivity contribution in [2.75, 3.05) is 6.61 Å². The van der Waals surface area contributed by atoms with Crippen LogP contribution in [0.3, 0.4) is 0 Å². The first-order chi connectivity index (χ1) is 15.3. The molecule has 0 fully saturated rings. The van der Waals surface area contributed by atoms with Crippen molar-refractivity contribution in [2.24, 2.45) is 0 Å². The standard InChI is InChI=1S/C24H22NO6P/c1-3-11-30-32(28,29)31-19-10-6-9-17-20(19)24(27)18-13-25-12-15-7-4-5-8-16(15)14(2)22(25)21(18)23(17)26/h4-10,13-14H,3,11-12H2,1-2H3,(H,28,29). The van der Waals surface area contributed by atoms with Crippen molar-refractivity contribution in [3.8, 4) is 5.75 Å². The van der Waals surface area contributed by atoms with Crippen LogP contribution in [0.15, 0.2) is 48.7 Å². The number of phosphoric ester groups is 1. The maximum atomic E-state index is 13.6. The Hall–Kier alpha value is -2.99. The van der Waals surface area contributed by atoms with Gasteiger partial charge in [-0.2, -0.15) is 0 Å². The fraction of sp³-hybridized carbons (Fsp3) is 0.250. The number of rotatable bonds is 5. The lowest BCUT2D eigenvalue weighted by Gasteiger charge is -2.27. The van der Waals surface area contributed by atoms with Gasteiger partial charge in [0.15, 0.2) is 11.6 Å². The highest BCUT2D eigenvalue weighted by Gasteiger charge is 2.40. The summed E-state index contributed by atoms with van der Waals surface area (Å²) < 4.78 is 24.4. The smallest absolute Gasteiger partial charge is 0.403 e. The highest BCUT2D eigenvalue weighted by Crippen LogP contribution is 2.48. The summed E-state index contributed by atoms with van der Waals surface area (Å²) in [5, 5.41) is 0. The van der Waals surface area contributed by atoms with Crippen molar-refractivity contribution >= 4 is 19.4 Å². The number of carbonyl (C=O) groups excluding carboxylic acids is 2. The van der Waals surface area contributed by atoms with Gasteiger partial charge >= 0.3 is 7.82 Å². The summed E-state index contributed by atoms with van der Waals surface area (Å²) in [5.41, 5.74) is 3.94. The van der Waals surface area contributed by atoms with Crippen LogP contribution in [-0.4, -0.2) is 27.6 Å². The molecule has 2 aromatic carbocycles. The zero-order valence-electron chi connectivity index (χ0n) is 17.7. The van der Waals surface area contributed by atoms with Crippen LogP contribution in [0, 0.1) is 0 Å². The van der Waals surface area contributed by atoms with E-state index in [-0.39, 0.29) is 40.7 Å². The fourth-order valence-electron chi connectivity index (χ4n) is 4.67. The minimum Gasteiger partial charge on any atom is -0.403 e. The van der Waals surface area contributed by atoms with Crippen LogP contribution in [0.25, 0.3) is 0 Å². The monoisotopic (exact) mass is 451 g/mol. The van der Waals surface area contributed by atoms with Crippen LogP contribution in [0.5, 0.6) is 5.75 Å². The zero-order valence-corrected chi connectivity index (χ0v) is 18.6. The number of hydrogen-bond donors (Lipinski definition) is 1. The van der Waals surface area contributed by atoms with Gasteiger partial charge in [0.2, 0.25) is 0 Å². The molecule has 0 spiro atoms. The molecule has 2 aliphatic rings. The first-order valence-corrected chi connectivity index (χ1v) is 12.0. The molecule has 7 nitrogen and oxygen atoms in total. The van der Waals surface area contributed by atoms with E-state index in [1.165, 1.54) is 12.1 Å². The highest BCUT2D eigenvalue weighted by atomic mass is 31.2. The molecule has 0 radical (unpaired) electrons. The molecule has 2 atom stereocenters. The van der Waals surface area contributed by atoms with E-state index in [4.69, 9.17) is 9.05 Å². The van der Waals surface area contributed by atoms with Gasteiger partial charge in [0, 0.05) is 29.9 Å². The van der Waals surface area contributed by atoms with Crippen molar-refractivity contribution in [1.82, 2.24) is 4.57 Å². The minimum absolute atomic E-state index is 0.00696. The Bertz CT molecular complexity index is 1320. The number of benzene rings is 2. The van der Waals surface area contributed by atoms with Crippen LogP contribution < -0.4 is 4.52 Å². The average Bonchev–Trinajstić information content (AvgIpc) is 3.16. The van der Waals surface area contributed by atoms with Gasteiger partial charge in [0.1, 0.15) is 5.75 Å². The van der Waals surface area contributed by atoms with Gasteiger partial charge in [0.05, 0.1) is 23.3 Å². The molecule has 5 rings (SSSR count). The quantitative estimate of drug-likeness (QED) is 0.443. The summed E-state index contributed by atoms with van der Waals surface area (Å²) in [7, 11) is -4.43. The van der Waals surface area contributed by atoms with E-state index in [2.05, 4.69) is 0 Å². The molecule has 164 valence electrons. The normalized spacial score (nSPS) is 18.3. The van der Waals surface area contributed by atoms with Crippen molar-refractivity contribution in [1.29, 1.82) is 0 Å². The maximum Gasteiger partial charge on any atom is 0.527 e. The Morgan fingerprint density at radius 2 is 1.81 bits per heavy atom. The molecule has 3 aromatic rings. The van der Waals surface area contributed by atoms with E-state index in [0.29, 0.717) is 18.5 Å². The molecule has 1 N–H and O–H groups in total. The average molecular weight is 451 g/mol. The third kappa shape index (κ3) is 3.16. The molecule has 1 aromatic heterocycles. The topological polar surface area (TPSA) is 94.8 Å². The van der Waals surface area contributed by atoms with E-state index in [0.717, 1.165) is 16.8 Å². The number of aromatic nitrogens is 1. The van der Waals surface area contributed by atoms with Crippen molar-refractivity contribution in [3.63, 3.8) is 0 Å². The van der Waals surface area contributed by atoms with E-state index in [1.807, 2.05) is 35.8 Å². The molecule has 1 aliphatic heterocycles. The minimum atomic E-state index is -4.43. The van der Waals surface area contributed by atoms with Crippen LogP contribution in [-0.2, 0) is 15.6 Å². The predicted octanol–water partition coefficient (Wildman–Crippen LogP) is 4.68. The van der Waals surface area contributed by atoms with E-state index in [9.17, 15) is 19.0 Å². The first-order valence-electron chi connectivity index (χ1n) is 10.5. The highest BCUT2D eigenvalue weighted by molar-refractivity contribution is 7.47. The Morgan fingerprint density at radius 1 is 1.06 bits per heavy atom. The van der Waals surface area contributed by atoms with Gasteiger partial charge < -0.3 is 9.09 Å². The molecule has 0 amide bonds. The zero-order chi connectivity index (χ0) is 22.6. The van der Waals surface area contributed by atoms with Crippen molar-refractivity contribution in [2.45, 2.75) is 32.7 Å². The molecule has 0 bridgehead atoms. The number of nitrogens with zero attached hydrogens (tertiary/aromatic N) is 1. The Labute approximate surface area is 185 Å². The summed E-state index contributed by atoms with van der Waals surface area (Å²) >= 11 is 0. The number of fused-ring (bicyclic) bond motifs is 5. The summed E-state index contributed by atoms with van der Waals surface area (Å²) in [6.07, 6.45) is 2.24. The Kier molecular flexibility index (Phi) is 4.93. The SMILES string of the molecule is CCCOP(=O)(O)Oc1cccc2c1C(=O)c1cn3c(c1C2=O)C(C)c1ccccc1C3. The molecule has 1 aliphatic carbocycles. The molecular weight excluding hydrogens is 429 g/mol. The van der Waals surface area contributed by atoms with Gasteiger partial charge in [-0.05, 0) is 23.6 Å². The summed E-state index contributed by atoms with van der Waals surface area (Å²) in [4.78, 5) is 37.1. The predicted molar refractivity (Wildman–Crippen MR) is 117 cm³/mol. The third-order valence-corrected chi connectivity index (χ3v) is 6.97. The van der Waals surface area contributed by atoms with E-state index >= 15 is 0 Å². The second kappa shape index (κ2) is 7.55. The van der Waals surface area contributed by atoms with E-state index in [1.54, 1.807) is 19.2 Å². The van der Waals surface area contributed by atoms with Gasteiger partial charge in [0.25, 0.3) is 0 Å². The van der Waals surface area contributed by atoms with Gasteiger partial charge in [-0.15, -0.1) is 0 Å². The molecule has 0 saturated heterocycles. The molecule has 8 heteroatoms. The first kappa shape index (κ1) is 20.9. The lowest BCUT2D eigenvalue weighted by atomic mass is 9.81. The second-order valence-electron chi connectivity index (χ2n) is 8.08. The van der Waals surface area contributed by atoms with Gasteiger partial charge in [-0.1, -0.05) is 50.2 Å².